The average molecular weight is 180 g/mol. The first kappa shape index (κ1) is 9.67. The molecule has 0 radical (unpaired) electrons. The molecular formula is C9H12N2O2. The van der Waals surface area contributed by atoms with Crippen molar-refractivity contribution in [2.75, 3.05) is 0 Å². The van der Waals surface area contributed by atoms with Crippen LogP contribution in [0.3, 0.4) is 0 Å². The lowest BCUT2D eigenvalue weighted by atomic mass is 10.1. The highest BCUT2D eigenvalue weighted by atomic mass is 16.4. The Kier molecular flexibility index (Phi) is 2.97. The second kappa shape index (κ2) is 4.00. The molecule has 0 aliphatic carbocycles. The summed E-state index contributed by atoms with van der Waals surface area (Å²) in [5.74, 6) is -0.997. The predicted molar refractivity (Wildman–Crippen MR) is 48.3 cm³/mol. The molecule has 3 N–H and O–H groups in total. The SMILES string of the molecule is Cc1cccc(C[C@H](N)C(=O)O)n1. The standard InChI is InChI=1S/C9H12N2O2/c1-6-3-2-4-7(11-6)5-8(10)9(12)13/h2-4,8H,5,10H2,1H3,(H,12,13)/t8-/m0/s1. The van der Waals surface area contributed by atoms with Crippen molar-refractivity contribution in [3.05, 3.63) is 29.6 Å². The molecule has 1 aromatic rings. The maximum absolute atomic E-state index is 10.4. The molecule has 0 aliphatic rings. The van der Waals surface area contributed by atoms with Gasteiger partial charge in [0.15, 0.2) is 0 Å². The number of nitrogens with zero attached hydrogens (tertiary/aromatic N) is 1. The maximum Gasteiger partial charge on any atom is 0.320 e. The fraction of sp³-hybridized carbons (Fsp3) is 0.333. The molecule has 0 saturated carbocycles. The fourth-order valence-electron chi connectivity index (χ4n) is 1.03. The van der Waals surface area contributed by atoms with E-state index in [9.17, 15) is 4.79 Å². The van der Waals surface area contributed by atoms with E-state index in [4.69, 9.17) is 10.8 Å². The van der Waals surface area contributed by atoms with Crippen molar-refractivity contribution in [3.8, 4) is 0 Å². The number of pyridine rings is 1. The first-order valence-electron chi connectivity index (χ1n) is 4.00. The molecule has 0 aromatic carbocycles. The number of carboxylic acids is 1. The van der Waals surface area contributed by atoms with Crippen LogP contribution in [0.15, 0.2) is 18.2 Å². The van der Waals surface area contributed by atoms with Gasteiger partial charge in [0.1, 0.15) is 6.04 Å². The van der Waals surface area contributed by atoms with Gasteiger partial charge in [-0.3, -0.25) is 9.78 Å². The number of aromatic nitrogens is 1. The van der Waals surface area contributed by atoms with Crippen LogP contribution < -0.4 is 5.73 Å². The molecule has 1 aromatic heterocycles. The molecule has 0 bridgehead atoms. The number of hydrogen-bond donors (Lipinski definition) is 2. The molecule has 0 amide bonds. The van der Waals surface area contributed by atoms with Crippen molar-refractivity contribution in [1.82, 2.24) is 4.98 Å². The van der Waals surface area contributed by atoms with Crippen LogP contribution in [0.2, 0.25) is 0 Å². The number of aryl methyl sites for hydroxylation is 1. The van der Waals surface area contributed by atoms with E-state index < -0.39 is 12.0 Å². The fourth-order valence-corrected chi connectivity index (χ4v) is 1.03. The van der Waals surface area contributed by atoms with Crippen LogP contribution in [-0.4, -0.2) is 22.1 Å². The van der Waals surface area contributed by atoms with Gasteiger partial charge in [-0.25, -0.2) is 0 Å². The van der Waals surface area contributed by atoms with Crippen LogP contribution in [0.1, 0.15) is 11.4 Å². The van der Waals surface area contributed by atoms with Gasteiger partial charge in [-0.15, -0.1) is 0 Å². The lowest BCUT2D eigenvalue weighted by molar-refractivity contribution is -0.138. The topological polar surface area (TPSA) is 76.2 Å². The number of carbonyl (C=O) groups is 1. The van der Waals surface area contributed by atoms with E-state index in [-0.39, 0.29) is 6.42 Å². The molecule has 0 spiro atoms. The summed E-state index contributed by atoms with van der Waals surface area (Å²) in [6.45, 7) is 1.86. The van der Waals surface area contributed by atoms with E-state index in [1.165, 1.54) is 0 Å². The van der Waals surface area contributed by atoms with E-state index in [1.807, 2.05) is 19.1 Å². The average Bonchev–Trinajstić information content (AvgIpc) is 2.04. The molecule has 0 fully saturated rings. The first-order chi connectivity index (χ1) is 6.09. The Morgan fingerprint density at radius 1 is 1.69 bits per heavy atom. The molecule has 4 heteroatoms. The van der Waals surface area contributed by atoms with Gasteiger partial charge in [-0.2, -0.15) is 0 Å². The molecular weight excluding hydrogens is 168 g/mol. The molecule has 4 nitrogen and oxygen atoms in total. The summed E-state index contributed by atoms with van der Waals surface area (Å²) in [5, 5.41) is 8.56. The van der Waals surface area contributed by atoms with Gasteiger partial charge in [0.25, 0.3) is 0 Å². The van der Waals surface area contributed by atoms with Crippen molar-refractivity contribution in [2.45, 2.75) is 19.4 Å². The summed E-state index contributed by atoms with van der Waals surface area (Å²) in [6.07, 6.45) is 0.275. The van der Waals surface area contributed by atoms with Gasteiger partial charge in [0.05, 0.1) is 0 Å². The van der Waals surface area contributed by atoms with Gasteiger partial charge in [0, 0.05) is 17.8 Å². The molecule has 13 heavy (non-hydrogen) atoms. The third-order valence-corrected chi connectivity index (χ3v) is 1.69. The van der Waals surface area contributed by atoms with Crippen LogP contribution >= 0.6 is 0 Å². The smallest absolute Gasteiger partial charge is 0.320 e. The third-order valence-electron chi connectivity index (χ3n) is 1.69. The largest absolute Gasteiger partial charge is 0.480 e. The highest BCUT2D eigenvalue weighted by Gasteiger charge is 2.12. The van der Waals surface area contributed by atoms with Gasteiger partial charge >= 0.3 is 5.97 Å². The summed E-state index contributed by atoms with van der Waals surface area (Å²) in [6, 6.07) is 4.60. The quantitative estimate of drug-likeness (QED) is 0.703. The number of aliphatic carboxylic acids is 1. The van der Waals surface area contributed by atoms with Crippen molar-refractivity contribution in [1.29, 1.82) is 0 Å². The predicted octanol–water partition coefficient (Wildman–Crippen LogP) is 0.344. The molecule has 0 saturated heterocycles. The van der Waals surface area contributed by atoms with Crippen molar-refractivity contribution in [2.24, 2.45) is 5.73 Å². The Labute approximate surface area is 76.4 Å². The maximum atomic E-state index is 10.4. The first-order valence-corrected chi connectivity index (χ1v) is 4.00. The minimum absolute atomic E-state index is 0.275. The highest BCUT2D eigenvalue weighted by molar-refractivity contribution is 5.73. The minimum Gasteiger partial charge on any atom is -0.480 e. The van der Waals surface area contributed by atoms with E-state index in [1.54, 1.807) is 6.07 Å². The minimum atomic E-state index is -0.997. The molecule has 0 unspecified atom stereocenters. The normalized spacial score (nSPS) is 12.5. The van der Waals surface area contributed by atoms with Gasteiger partial charge in [-0.05, 0) is 19.1 Å². The Hall–Kier alpha value is -1.42. The summed E-state index contributed by atoms with van der Waals surface area (Å²) in [5.41, 5.74) is 6.95. The second-order valence-electron chi connectivity index (χ2n) is 2.92. The molecule has 1 heterocycles. The summed E-state index contributed by atoms with van der Waals surface area (Å²) < 4.78 is 0. The Balaban J connectivity index is 2.69. The van der Waals surface area contributed by atoms with Gasteiger partial charge in [0.2, 0.25) is 0 Å². The molecule has 0 aliphatic heterocycles. The van der Waals surface area contributed by atoms with Crippen LogP contribution in [0.5, 0.6) is 0 Å². The Bertz CT molecular complexity index is 312. The lowest BCUT2D eigenvalue weighted by Crippen LogP contribution is -2.32. The molecule has 1 atom stereocenters. The highest BCUT2D eigenvalue weighted by Crippen LogP contribution is 2.00. The van der Waals surface area contributed by atoms with Crippen LogP contribution in [0.4, 0.5) is 0 Å². The molecule has 1 rings (SSSR count). The van der Waals surface area contributed by atoms with Gasteiger partial charge in [-0.1, -0.05) is 6.07 Å². The number of rotatable bonds is 3. The Morgan fingerprint density at radius 3 is 2.92 bits per heavy atom. The number of carboxylic acid groups (broad SMARTS) is 1. The zero-order chi connectivity index (χ0) is 9.84. The van der Waals surface area contributed by atoms with Crippen molar-refractivity contribution < 1.29 is 9.90 Å². The number of nitrogens with two attached hydrogens (primary N) is 1. The van der Waals surface area contributed by atoms with E-state index in [0.717, 1.165) is 11.4 Å². The summed E-state index contributed by atoms with van der Waals surface area (Å²) >= 11 is 0. The van der Waals surface area contributed by atoms with Crippen molar-refractivity contribution in [3.63, 3.8) is 0 Å². The zero-order valence-electron chi connectivity index (χ0n) is 7.40. The van der Waals surface area contributed by atoms with E-state index >= 15 is 0 Å². The Morgan fingerprint density at radius 2 is 2.38 bits per heavy atom. The van der Waals surface area contributed by atoms with Crippen molar-refractivity contribution >= 4 is 5.97 Å². The van der Waals surface area contributed by atoms with E-state index in [0.29, 0.717) is 0 Å². The summed E-state index contributed by atoms with van der Waals surface area (Å²) in [7, 11) is 0. The van der Waals surface area contributed by atoms with E-state index in [2.05, 4.69) is 4.98 Å². The zero-order valence-corrected chi connectivity index (χ0v) is 7.40. The van der Waals surface area contributed by atoms with Crippen LogP contribution in [0, 0.1) is 6.92 Å². The lowest BCUT2D eigenvalue weighted by Gasteiger charge is -2.05. The van der Waals surface area contributed by atoms with Gasteiger partial charge < -0.3 is 10.8 Å². The summed E-state index contributed by atoms with van der Waals surface area (Å²) in [4.78, 5) is 14.6. The van der Waals surface area contributed by atoms with Crippen LogP contribution in [0.25, 0.3) is 0 Å². The van der Waals surface area contributed by atoms with Crippen LogP contribution in [-0.2, 0) is 11.2 Å². The molecule has 70 valence electrons. The number of hydrogen-bond acceptors (Lipinski definition) is 3. The third kappa shape index (κ3) is 2.83. The second-order valence-corrected chi connectivity index (χ2v) is 2.92. The monoisotopic (exact) mass is 180 g/mol.